The van der Waals surface area contributed by atoms with Crippen LogP contribution in [-0.2, 0) is 14.4 Å². The van der Waals surface area contributed by atoms with Gasteiger partial charge in [0.1, 0.15) is 12.1 Å². The van der Waals surface area contributed by atoms with Gasteiger partial charge in [0.05, 0.1) is 12.6 Å². The lowest BCUT2D eigenvalue weighted by Crippen LogP contribution is -2.59. The van der Waals surface area contributed by atoms with Crippen molar-refractivity contribution < 1.29 is 19.5 Å². The van der Waals surface area contributed by atoms with Crippen LogP contribution in [0.3, 0.4) is 0 Å². The molecule has 9 nitrogen and oxygen atoms in total. The molecule has 6 N–H and O–H groups in total. The molecule has 1 aliphatic rings. The predicted molar refractivity (Wildman–Crippen MR) is 133 cm³/mol. The second kappa shape index (κ2) is 12.7. The van der Waals surface area contributed by atoms with Crippen LogP contribution in [0.25, 0.3) is 0 Å². The average Bonchev–Trinajstić information content (AvgIpc) is 3.21. The maximum absolute atomic E-state index is 13.2. The first-order chi connectivity index (χ1) is 16.1. The molecule has 3 amide bonds. The second-order valence-corrected chi connectivity index (χ2v) is 9.79. The van der Waals surface area contributed by atoms with Crippen LogP contribution in [-0.4, -0.2) is 67.2 Å². The molecule has 0 bridgehead atoms. The van der Waals surface area contributed by atoms with Crippen LogP contribution < -0.4 is 26.6 Å². The molecule has 1 heterocycles. The van der Waals surface area contributed by atoms with E-state index in [1.165, 1.54) is 5.56 Å². The van der Waals surface area contributed by atoms with E-state index in [0.717, 1.165) is 12.2 Å². The van der Waals surface area contributed by atoms with E-state index in [1.807, 2.05) is 45.9 Å². The fourth-order valence-electron chi connectivity index (χ4n) is 4.15. The number of fused-ring (bicyclic) bond motifs is 1. The average molecular weight is 476 g/mol. The van der Waals surface area contributed by atoms with Crippen molar-refractivity contribution in [2.75, 3.05) is 25.5 Å². The van der Waals surface area contributed by atoms with Crippen molar-refractivity contribution >= 4 is 23.4 Å². The van der Waals surface area contributed by atoms with E-state index in [1.54, 1.807) is 14.0 Å². The molecule has 9 heteroatoms. The highest BCUT2D eigenvalue weighted by molar-refractivity contribution is 5.93. The monoisotopic (exact) mass is 475 g/mol. The minimum atomic E-state index is -0.790. The number of amides is 3. The number of likely N-dealkylation sites (N-methyl/N-ethyl adjacent to an activating group) is 1. The topological polar surface area (TPSA) is 132 Å². The molecule has 1 aromatic rings. The third-order valence-corrected chi connectivity index (χ3v) is 6.28. The Hall–Kier alpha value is -2.65. The number of rotatable bonds is 12. The summed E-state index contributed by atoms with van der Waals surface area (Å²) in [7, 11) is 1.74. The highest BCUT2D eigenvalue weighted by Crippen LogP contribution is 2.34. The SMILES string of the molecule is CNC(CC1CNc2ccccc21)C(=O)NC(C(=O)NC(C(=O)NC(C)CO)C(C)C)C(C)C. The van der Waals surface area contributed by atoms with E-state index < -0.39 is 30.1 Å². The molecule has 1 aromatic carbocycles. The van der Waals surface area contributed by atoms with Gasteiger partial charge in [0.15, 0.2) is 0 Å². The number of carbonyl (C=O) groups is 3. The van der Waals surface area contributed by atoms with Crippen molar-refractivity contribution in [1.29, 1.82) is 0 Å². The third-order valence-electron chi connectivity index (χ3n) is 6.28. The van der Waals surface area contributed by atoms with Gasteiger partial charge in [-0.2, -0.15) is 0 Å². The van der Waals surface area contributed by atoms with Crippen LogP contribution in [0.2, 0.25) is 0 Å². The van der Waals surface area contributed by atoms with Gasteiger partial charge in [0.25, 0.3) is 0 Å². The number of anilines is 1. The summed E-state index contributed by atoms with van der Waals surface area (Å²) in [5, 5.41) is 24.1. The van der Waals surface area contributed by atoms with Crippen molar-refractivity contribution in [1.82, 2.24) is 21.3 Å². The summed E-state index contributed by atoms with van der Waals surface area (Å²) in [4.78, 5) is 38.9. The summed E-state index contributed by atoms with van der Waals surface area (Å²) in [6.07, 6.45) is 0.592. The predicted octanol–water partition coefficient (Wildman–Crippen LogP) is 0.952. The zero-order valence-corrected chi connectivity index (χ0v) is 21.1. The molecule has 0 aliphatic carbocycles. The number of para-hydroxylation sites is 1. The number of hydrogen-bond acceptors (Lipinski definition) is 6. The first-order valence-corrected chi connectivity index (χ1v) is 12.1. The Bertz CT molecular complexity index is 844. The van der Waals surface area contributed by atoms with Gasteiger partial charge in [-0.05, 0) is 43.9 Å². The van der Waals surface area contributed by atoms with E-state index >= 15 is 0 Å². The highest BCUT2D eigenvalue weighted by atomic mass is 16.3. The fourth-order valence-corrected chi connectivity index (χ4v) is 4.15. The third kappa shape index (κ3) is 7.17. The van der Waals surface area contributed by atoms with Gasteiger partial charge >= 0.3 is 0 Å². The van der Waals surface area contributed by atoms with Crippen molar-refractivity contribution in [3.05, 3.63) is 29.8 Å². The zero-order chi connectivity index (χ0) is 25.4. The van der Waals surface area contributed by atoms with Crippen LogP contribution in [0.4, 0.5) is 5.69 Å². The maximum atomic E-state index is 13.2. The van der Waals surface area contributed by atoms with Crippen LogP contribution in [0.15, 0.2) is 24.3 Å². The molecule has 0 radical (unpaired) electrons. The van der Waals surface area contributed by atoms with E-state index in [4.69, 9.17) is 0 Å². The minimum absolute atomic E-state index is 0.168. The Morgan fingerprint density at radius 3 is 2.06 bits per heavy atom. The Balaban J connectivity index is 2.06. The van der Waals surface area contributed by atoms with Gasteiger partial charge in [-0.1, -0.05) is 45.9 Å². The molecule has 0 spiro atoms. The number of nitrogens with one attached hydrogen (secondary N) is 5. The highest BCUT2D eigenvalue weighted by Gasteiger charge is 2.33. The normalized spacial score (nSPS) is 18.4. The minimum Gasteiger partial charge on any atom is -0.394 e. The molecule has 0 aromatic heterocycles. The first kappa shape index (κ1) is 27.6. The summed E-state index contributed by atoms with van der Waals surface area (Å²) in [6, 6.07) is 5.63. The molecule has 34 heavy (non-hydrogen) atoms. The van der Waals surface area contributed by atoms with Crippen LogP contribution in [0.5, 0.6) is 0 Å². The lowest BCUT2D eigenvalue weighted by molar-refractivity contribution is -0.134. The van der Waals surface area contributed by atoms with Crippen LogP contribution in [0.1, 0.15) is 52.5 Å². The molecule has 5 unspecified atom stereocenters. The largest absolute Gasteiger partial charge is 0.394 e. The standard InChI is InChI=1S/C25H41N5O4/c1-14(2)21(24(33)28-16(5)13-31)30-25(34)22(15(3)4)29-23(32)20(26-6)11-17-12-27-19-10-8-7-9-18(17)19/h7-10,14-17,20-22,26-27,31H,11-13H2,1-6H3,(H,28,33)(H,29,32)(H,30,34). The Morgan fingerprint density at radius 2 is 1.50 bits per heavy atom. The number of aliphatic hydroxyl groups excluding tert-OH is 1. The summed E-state index contributed by atoms with van der Waals surface area (Å²) in [5.74, 6) is -1.18. The van der Waals surface area contributed by atoms with Gasteiger partial charge in [0, 0.05) is 24.2 Å². The summed E-state index contributed by atoms with van der Waals surface area (Å²) < 4.78 is 0. The van der Waals surface area contributed by atoms with Gasteiger partial charge in [0.2, 0.25) is 17.7 Å². The van der Waals surface area contributed by atoms with Gasteiger partial charge in [-0.3, -0.25) is 14.4 Å². The molecular formula is C25H41N5O4. The van der Waals surface area contributed by atoms with Crippen molar-refractivity contribution in [2.45, 2.75) is 71.1 Å². The Kier molecular flexibility index (Phi) is 10.3. The molecular weight excluding hydrogens is 434 g/mol. The molecule has 0 saturated heterocycles. The van der Waals surface area contributed by atoms with Crippen molar-refractivity contribution in [2.24, 2.45) is 11.8 Å². The van der Waals surface area contributed by atoms with E-state index in [2.05, 4.69) is 32.7 Å². The fraction of sp³-hybridized carbons (Fsp3) is 0.640. The number of hydrogen-bond donors (Lipinski definition) is 6. The Morgan fingerprint density at radius 1 is 0.941 bits per heavy atom. The maximum Gasteiger partial charge on any atom is 0.243 e. The van der Waals surface area contributed by atoms with Gasteiger partial charge < -0.3 is 31.7 Å². The van der Waals surface area contributed by atoms with Crippen molar-refractivity contribution in [3.63, 3.8) is 0 Å². The molecule has 1 aliphatic heterocycles. The zero-order valence-electron chi connectivity index (χ0n) is 21.1. The Labute approximate surface area is 202 Å². The summed E-state index contributed by atoms with van der Waals surface area (Å²) in [6.45, 7) is 9.63. The van der Waals surface area contributed by atoms with Crippen LogP contribution in [0, 0.1) is 11.8 Å². The molecule has 0 saturated carbocycles. The summed E-state index contributed by atoms with van der Waals surface area (Å²) >= 11 is 0. The van der Waals surface area contributed by atoms with E-state index in [9.17, 15) is 19.5 Å². The summed E-state index contributed by atoms with van der Waals surface area (Å²) in [5.41, 5.74) is 2.28. The smallest absolute Gasteiger partial charge is 0.243 e. The van der Waals surface area contributed by atoms with Crippen molar-refractivity contribution in [3.8, 4) is 0 Å². The number of benzene rings is 1. The second-order valence-electron chi connectivity index (χ2n) is 9.79. The van der Waals surface area contributed by atoms with E-state index in [0.29, 0.717) is 6.42 Å². The molecule has 2 rings (SSSR count). The molecule has 5 atom stereocenters. The van der Waals surface area contributed by atoms with E-state index in [-0.39, 0.29) is 36.2 Å². The lowest BCUT2D eigenvalue weighted by Gasteiger charge is -2.29. The molecule has 190 valence electrons. The van der Waals surface area contributed by atoms with Gasteiger partial charge in [-0.25, -0.2) is 0 Å². The first-order valence-electron chi connectivity index (χ1n) is 12.1. The number of carbonyl (C=O) groups excluding carboxylic acids is 3. The quantitative estimate of drug-likeness (QED) is 0.267. The van der Waals surface area contributed by atoms with Gasteiger partial charge in [-0.15, -0.1) is 0 Å². The number of aliphatic hydroxyl groups is 1. The molecule has 0 fully saturated rings. The van der Waals surface area contributed by atoms with Crippen LogP contribution >= 0.6 is 0 Å². The lowest BCUT2D eigenvalue weighted by atomic mass is 9.93.